The lowest BCUT2D eigenvalue weighted by molar-refractivity contribution is -0.122. The van der Waals surface area contributed by atoms with Gasteiger partial charge < -0.3 is 11.1 Å². The molecular weight excluding hydrogens is 284 g/mol. The molecule has 0 aromatic carbocycles. The predicted octanol–water partition coefficient (Wildman–Crippen LogP) is 4.18. The Kier molecular flexibility index (Phi) is 13.2. The fourth-order valence-electron chi connectivity index (χ4n) is 3.17. The molecule has 1 amide bonds. The number of halogens is 1. The number of carbonyl (C=O) groups excluding carboxylic acids is 1. The fraction of sp³-hybridized carbons (Fsp3) is 0.941. The normalized spacial score (nSPS) is 21.6. The van der Waals surface area contributed by atoms with E-state index >= 15 is 0 Å². The van der Waals surface area contributed by atoms with Crippen LogP contribution in [0.2, 0.25) is 0 Å². The summed E-state index contributed by atoms with van der Waals surface area (Å²) in [6.07, 6.45) is 14.1. The predicted molar refractivity (Wildman–Crippen MR) is 92.8 cm³/mol. The molecule has 1 rings (SSSR count). The van der Waals surface area contributed by atoms with Crippen LogP contribution in [0.1, 0.15) is 84.0 Å². The van der Waals surface area contributed by atoms with Crippen molar-refractivity contribution in [2.24, 2.45) is 11.7 Å². The Balaban J connectivity index is 0.00000400. The molecule has 1 fully saturated rings. The zero-order chi connectivity index (χ0) is 14.6. The highest BCUT2D eigenvalue weighted by atomic mass is 35.5. The summed E-state index contributed by atoms with van der Waals surface area (Å²) in [5, 5.41) is 3.22. The third-order valence-corrected chi connectivity index (χ3v) is 4.54. The molecular formula is C17H35ClN2O. The van der Waals surface area contributed by atoms with Crippen molar-refractivity contribution in [1.29, 1.82) is 0 Å². The number of hydrogen-bond acceptors (Lipinski definition) is 2. The Hall–Kier alpha value is -0.280. The maximum atomic E-state index is 11.9. The van der Waals surface area contributed by atoms with Crippen LogP contribution in [-0.2, 0) is 4.79 Å². The van der Waals surface area contributed by atoms with Crippen molar-refractivity contribution in [3.8, 4) is 0 Å². The van der Waals surface area contributed by atoms with E-state index in [0.717, 1.165) is 38.1 Å². The van der Waals surface area contributed by atoms with Crippen LogP contribution in [-0.4, -0.2) is 18.5 Å². The van der Waals surface area contributed by atoms with Gasteiger partial charge >= 0.3 is 0 Å². The Morgan fingerprint density at radius 3 is 2.33 bits per heavy atom. The minimum absolute atomic E-state index is 0. The molecule has 0 aromatic rings. The van der Waals surface area contributed by atoms with Crippen LogP contribution in [0.4, 0.5) is 0 Å². The van der Waals surface area contributed by atoms with Gasteiger partial charge in [-0.05, 0) is 51.0 Å². The molecule has 126 valence electrons. The first-order valence-corrected chi connectivity index (χ1v) is 8.75. The van der Waals surface area contributed by atoms with Gasteiger partial charge in [-0.1, -0.05) is 39.0 Å². The standard InChI is InChI=1S/C17H34N2O.ClH/c1-2-3-8-15-10-12-16(13-11-15)19-17(20)9-6-4-5-7-14-18;/h15-16H,2-14,18H2,1H3,(H,19,20);1H. The number of rotatable bonds is 10. The van der Waals surface area contributed by atoms with Crippen molar-refractivity contribution < 1.29 is 4.79 Å². The maximum absolute atomic E-state index is 11.9. The van der Waals surface area contributed by atoms with Gasteiger partial charge in [-0.15, -0.1) is 12.4 Å². The molecule has 0 unspecified atom stereocenters. The number of hydrogen-bond donors (Lipinski definition) is 2. The van der Waals surface area contributed by atoms with Gasteiger partial charge in [-0.2, -0.15) is 0 Å². The maximum Gasteiger partial charge on any atom is 0.220 e. The molecule has 3 nitrogen and oxygen atoms in total. The SMILES string of the molecule is CCCCC1CCC(NC(=O)CCCCCCN)CC1.Cl. The molecule has 0 heterocycles. The molecule has 1 aliphatic rings. The molecule has 0 atom stereocenters. The summed E-state index contributed by atoms with van der Waals surface area (Å²) < 4.78 is 0. The molecule has 21 heavy (non-hydrogen) atoms. The fourth-order valence-corrected chi connectivity index (χ4v) is 3.17. The first-order chi connectivity index (χ1) is 9.76. The van der Waals surface area contributed by atoms with E-state index in [1.165, 1.54) is 44.9 Å². The van der Waals surface area contributed by atoms with Gasteiger partial charge in [0.05, 0.1) is 0 Å². The first kappa shape index (κ1) is 20.7. The van der Waals surface area contributed by atoms with E-state index in [9.17, 15) is 4.79 Å². The van der Waals surface area contributed by atoms with Gasteiger partial charge in [-0.3, -0.25) is 4.79 Å². The van der Waals surface area contributed by atoms with Crippen LogP contribution in [0.3, 0.4) is 0 Å². The van der Waals surface area contributed by atoms with Crippen LogP contribution < -0.4 is 11.1 Å². The monoisotopic (exact) mass is 318 g/mol. The summed E-state index contributed by atoms with van der Waals surface area (Å²) in [5.41, 5.74) is 5.46. The summed E-state index contributed by atoms with van der Waals surface area (Å²) in [6, 6.07) is 0.449. The van der Waals surface area contributed by atoms with Crippen LogP contribution in [0.25, 0.3) is 0 Å². The smallest absolute Gasteiger partial charge is 0.220 e. The minimum Gasteiger partial charge on any atom is -0.353 e. The van der Waals surface area contributed by atoms with Crippen LogP contribution in [0.5, 0.6) is 0 Å². The lowest BCUT2D eigenvalue weighted by Crippen LogP contribution is -2.37. The van der Waals surface area contributed by atoms with Gasteiger partial charge in [0.25, 0.3) is 0 Å². The van der Waals surface area contributed by atoms with E-state index in [4.69, 9.17) is 5.73 Å². The Bertz CT molecular complexity index is 253. The molecule has 0 aliphatic heterocycles. The average Bonchev–Trinajstić information content (AvgIpc) is 2.46. The van der Waals surface area contributed by atoms with E-state index in [1.54, 1.807) is 0 Å². The van der Waals surface area contributed by atoms with Gasteiger partial charge in [0.15, 0.2) is 0 Å². The van der Waals surface area contributed by atoms with E-state index in [0.29, 0.717) is 12.5 Å². The number of nitrogens with two attached hydrogens (primary N) is 1. The molecule has 0 saturated heterocycles. The van der Waals surface area contributed by atoms with E-state index in [1.807, 2.05) is 0 Å². The summed E-state index contributed by atoms with van der Waals surface area (Å²) in [6.45, 7) is 3.03. The minimum atomic E-state index is 0. The summed E-state index contributed by atoms with van der Waals surface area (Å²) in [4.78, 5) is 11.9. The van der Waals surface area contributed by atoms with Gasteiger partial charge in [0, 0.05) is 12.5 Å². The van der Waals surface area contributed by atoms with Gasteiger partial charge in [0.2, 0.25) is 5.91 Å². The number of carbonyl (C=O) groups is 1. The second-order valence-corrected chi connectivity index (χ2v) is 6.38. The van der Waals surface area contributed by atoms with Crippen molar-refractivity contribution in [1.82, 2.24) is 5.32 Å². The Morgan fingerprint density at radius 2 is 1.71 bits per heavy atom. The molecule has 0 bridgehead atoms. The molecule has 4 heteroatoms. The molecule has 0 spiro atoms. The second-order valence-electron chi connectivity index (χ2n) is 6.38. The summed E-state index contributed by atoms with van der Waals surface area (Å²) >= 11 is 0. The number of nitrogens with one attached hydrogen (secondary N) is 1. The van der Waals surface area contributed by atoms with Gasteiger partial charge in [0.1, 0.15) is 0 Å². The quantitative estimate of drug-likeness (QED) is 0.594. The van der Waals surface area contributed by atoms with Crippen molar-refractivity contribution >= 4 is 18.3 Å². The number of unbranched alkanes of at least 4 members (excludes halogenated alkanes) is 4. The van der Waals surface area contributed by atoms with E-state index in [-0.39, 0.29) is 18.3 Å². The van der Waals surface area contributed by atoms with Crippen molar-refractivity contribution in [2.45, 2.75) is 90.0 Å². The highest BCUT2D eigenvalue weighted by Gasteiger charge is 2.21. The lowest BCUT2D eigenvalue weighted by atomic mass is 9.83. The molecule has 1 saturated carbocycles. The first-order valence-electron chi connectivity index (χ1n) is 8.75. The molecule has 0 aromatic heterocycles. The van der Waals surface area contributed by atoms with E-state index in [2.05, 4.69) is 12.2 Å². The van der Waals surface area contributed by atoms with E-state index < -0.39 is 0 Å². The summed E-state index contributed by atoms with van der Waals surface area (Å²) in [5.74, 6) is 1.18. The Labute approximate surface area is 137 Å². The van der Waals surface area contributed by atoms with Crippen molar-refractivity contribution in [3.63, 3.8) is 0 Å². The van der Waals surface area contributed by atoms with Crippen LogP contribution >= 0.6 is 12.4 Å². The van der Waals surface area contributed by atoms with Gasteiger partial charge in [-0.25, -0.2) is 0 Å². The van der Waals surface area contributed by atoms with Crippen molar-refractivity contribution in [3.05, 3.63) is 0 Å². The highest BCUT2D eigenvalue weighted by Crippen LogP contribution is 2.28. The number of amides is 1. The summed E-state index contributed by atoms with van der Waals surface area (Å²) in [7, 11) is 0. The zero-order valence-corrected chi connectivity index (χ0v) is 14.6. The largest absolute Gasteiger partial charge is 0.353 e. The third kappa shape index (κ3) is 10.1. The Morgan fingerprint density at radius 1 is 1.05 bits per heavy atom. The van der Waals surface area contributed by atoms with Crippen molar-refractivity contribution in [2.75, 3.05) is 6.54 Å². The lowest BCUT2D eigenvalue weighted by Gasteiger charge is -2.29. The molecule has 3 N–H and O–H groups in total. The molecule has 1 aliphatic carbocycles. The van der Waals surface area contributed by atoms with Crippen LogP contribution in [0.15, 0.2) is 0 Å². The zero-order valence-electron chi connectivity index (χ0n) is 13.7. The third-order valence-electron chi connectivity index (χ3n) is 4.54. The molecule has 0 radical (unpaired) electrons. The van der Waals surface area contributed by atoms with Crippen LogP contribution in [0, 0.1) is 5.92 Å². The second kappa shape index (κ2) is 13.4. The topological polar surface area (TPSA) is 55.1 Å². The average molecular weight is 319 g/mol. The highest BCUT2D eigenvalue weighted by molar-refractivity contribution is 5.85.